The second-order valence-electron chi connectivity index (χ2n) is 5.91. The summed E-state index contributed by atoms with van der Waals surface area (Å²) >= 11 is 13.4. The van der Waals surface area contributed by atoms with Crippen molar-refractivity contribution in [3.63, 3.8) is 0 Å². The zero-order valence-electron chi connectivity index (χ0n) is 14.6. The Morgan fingerprint density at radius 1 is 1.17 bits per heavy atom. The molecular formula is C19H13Cl2F3N2O2S. The van der Waals surface area contributed by atoms with E-state index in [0.717, 1.165) is 22.6 Å². The molecule has 152 valence electrons. The third kappa shape index (κ3) is 6.09. The zero-order chi connectivity index (χ0) is 21.0. The van der Waals surface area contributed by atoms with Crippen LogP contribution < -0.4 is 10.1 Å². The monoisotopic (exact) mass is 460 g/mol. The second kappa shape index (κ2) is 9.02. The number of anilines is 1. The summed E-state index contributed by atoms with van der Waals surface area (Å²) in [4.78, 5) is 17.0. The Bertz CT molecular complexity index is 1020. The molecule has 3 rings (SSSR count). The molecule has 1 aromatic heterocycles. The lowest BCUT2D eigenvalue weighted by Gasteiger charge is -2.09. The highest BCUT2D eigenvalue weighted by Gasteiger charge is 2.30. The highest BCUT2D eigenvalue weighted by molar-refractivity contribution is 7.15. The van der Waals surface area contributed by atoms with Gasteiger partial charge in [-0.25, -0.2) is 4.98 Å². The van der Waals surface area contributed by atoms with Crippen LogP contribution in [0.3, 0.4) is 0 Å². The number of nitrogens with one attached hydrogen (secondary N) is 1. The van der Waals surface area contributed by atoms with Gasteiger partial charge in [0.2, 0.25) is 0 Å². The molecule has 0 saturated carbocycles. The highest BCUT2D eigenvalue weighted by Crippen LogP contribution is 2.31. The maximum atomic E-state index is 12.7. The van der Waals surface area contributed by atoms with E-state index in [4.69, 9.17) is 27.9 Å². The Balaban J connectivity index is 1.56. The van der Waals surface area contributed by atoms with Gasteiger partial charge in [0.1, 0.15) is 5.75 Å². The maximum Gasteiger partial charge on any atom is 0.416 e. The first kappa shape index (κ1) is 21.4. The lowest BCUT2D eigenvalue weighted by atomic mass is 10.1. The Kier molecular flexibility index (Phi) is 6.66. The average Bonchev–Trinajstić information content (AvgIpc) is 3.09. The molecule has 0 aliphatic rings. The SMILES string of the molecule is O=C(COc1cccc(C(F)(F)F)c1)Nc1ncc(Cc2cc(Cl)ccc2Cl)s1. The summed E-state index contributed by atoms with van der Waals surface area (Å²) in [7, 11) is 0. The van der Waals surface area contributed by atoms with Crippen LogP contribution in [0.25, 0.3) is 0 Å². The molecule has 0 saturated heterocycles. The Morgan fingerprint density at radius 3 is 2.72 bits per heavy atom. The lowest BCUT2D eigenvalue weighted by molar-refractivity contribution is -0.137. The van der Waals surface area contributed by atoms with Crippen molar-refractivity contribution in [2.24, 2.45) is 0 Å². The number of carbonyl (C=O) groups is 1. The summed E-state index contributed by atoms with van der Waals surface area (Å²) < 4.78 is 43.2. The van der Waals surface area contributed by atoms with Crippen LogP contribution in [0.1, 0.15) is 16.0 Å². The summed E-state index contributed by atoms with van der Waals surface area (Å²) in [6.45, 7) is -0.448. The van der Waals surface area contributed by atoms with Gasteiger partial charge in [-0.1, -0.05) is 29.3 Å². The van der Waals surface area contributed by atoms with E-state index in [1.807, 2.05) is 0 Å². The van der Waals surface area contributed by atoms with Crippen LogP contribution in [0.15, 0.2) is 48.7 Å². The third-order valence-corrected chi connectivity index (χ3v) is 5.22. The lowest BCUT2D eigenvalue weighted by Crippen LogP contribution is -2.20. The number of thiazole rings is 1. The summed E-state index contributed by atoms with van der Waals surface area (Å²) in [5.74, 6) is -0.588. The molecule has 1 N–H and O–H groups in total. The number of alkyl halides is 3. The van der Waals surface area contributed by atoms with E-state index in [2.05, 4.69) is 10.3 Å². The molecule has 0 aliphatic carbocycles. The molecule has 0 spiro atoms. The van der Waals surface area contributed by atoms with E-state index in [1.54, 1.807) is 24.4 Å². The van der Waals surface area contributed by atoms with E-state index in [-0.39, 0.29) is 5.75 Å². The number of benzene rings is 2. The minimum atomic E-state index is -4.48. The van der Waals surface area contributed by atoms with Gasteiger partial charge in [0.15, 0.2) is 11.7 Å². The number of rotatable bonds is 6. The summed E-state index contributed by atoms with van der Waals surface area (Å²) in [5, 5.41) is 4.03. The fourth-order valence-electron chi connectivity index (χ4n) is 2.38. The van der Waals surface area contributed by atoms with Gasteiger partial charge in [0.25, 0.3) is 5.91 Å². The van der Waals surface area contributed by atoms with E-state index in [1.165, 1.54) is 23.5 Å². The highest BCUT2D eigenvalue weighted by atomic mass is 35.5. The van der Waals surface area contributed by atoms with Crippen molar-refractivity contribution in [1.82, 2.24) is 4.98 Å². The Labute approximate surface area is 178 Å². The van der Waals surface area contributed by atoms with Crippen molar-refractivity contribution < 1.29 is 22.7 Å². The number of hydrogen-bond donors (Lipinski definition) is 1. The number of aromatic nitrogens is 1. The summed E-state index contributed by atoms with van der Waals surface area (Å²) in [5.41, 5.74) is -0.0202. The van der Waals surface area contributed by atoms with Crippen molar-refractivity contribution in [2.75, 3.05) is 11.9 Å². The van der Waals surface area contributed by atoms with Gasteiger partial charge < -0.3 is 4.74 Å². The third-order valence-electron chi connectivity index (χ3n) is 3.70. The van der Waals surface area contributed by atoms with E-state index >= 15 is 0 Å². The average molecular weight is 461 g/mol. The Morgan fingerprint density at radius 2 is 1.97 bits per heavy atom. The second-order valence-corrected chi connectivity index (χ2v) is 7.87. The predicted molar refractivity (Wildman–Crippen MR) is 107 cm³/mol. The van der Waals surface area contributed by atoms with Crippen LogP contribution in [-0.2, 0) is 17.4 Å². The van der Waals surface area contributed by atoms with Crippen molar-refractivity contribution in [3.05, 3.63) is 74.7 Å². The van der Waals surface area contributed by atoms with Crippen molar-refractivity contribution in [2.45, 2.75) is 12.6 Å². The normalized spacial score (nSPS) is 11.3. The molecule has 4 nitrogen and oxygen atoms in total. The number of carbonyl (C=O) groups excluding carboxylic acids is 1. The van der Waals surface area contributed by atoms with E-state index < -0.39 is 24.3 Å². The van der Waals surface area contributed by atoms with Gasteiger partial charge in [0.05, 0.1) is 5.56 Å². The molecule has 3 aromatic rings. The molecular weight excluding hydrogens is 448 g/mol. The van der Waals surface area contributed by atoms with Gasteiger partial charge in [-0.05, 0) is 42.0 Å². The van der Waals surface area contributed by atoms with Crippen LogP contribution >= 0.6 is 34.5 Å². The predicted octanol–water partition coefficient (Wildman–Crippen LogP) is 6.08. The molecule has 29 heavy (non-hydrogen) atoms. The molecule has 1 amide bonds. The van der Waals surface area contributed by atoms with Crippen molar-refractivity contribution in [3.8, 4) is 5.75 Å². The van der Waals surface area contributed by atoms with Crippen molar-refractivity contribution >= 4 is 45.6 Å². The Hall–Kier alpha value is -2.29. The minimum Gasteiger partial charge on any atom is -0.484 e. The zero-order valence-corrected chi connectivity index (χ0v) is 16.9. The van der Waals surface area contributed by atoms with Gasteiger partial charge in [-0.3, -0.25) is 10.1 Å². The first-order valence-corrected chi connectivity index (χ1v) is 9.76. The number of halogens is 5. The standard InChI is InChI=1S/C19H13Cl2F3N2O2S/c20-13-4-5-16(21)11(6-13)7-15-9-25-18(29-15)26-17(27)10-28-14-3-1-2-12(8-14)19(22,23)24/h1-6,8-9H,7,10H2,(H,25,26,27). The van der Waals surface area contributed by atoms with Crippen LogP contribution in [0.2, 0.25) is 10.0 Å². The smallest absolute Gasteiger partial charge is 0.416 e. The van der Waals surface area contributed by atoms with Gasteiger partial charge in [-0.2, -0.15) is 13.2 Å². The number of nitrogens with zero attached hydrogens (tertiary/aromatic N) is 1. The molecule has 10 heteroatoms. The van der Waals surface area contributed by atoms with Crippen LogP contribution in [0, 0.1) is 0 Å². The van der Waals surface area contributed by atoms with E-state index in [9.17, 15) is 18.0 Å². The topological polar surface area (TPSA) is 51.2 Å². The molecule has 0 unspecified atom stereocenters. The number of hydrogen-bond acceptors (Lipinski definition) is 4. The summed E-state index contributed by atoms with van der Waals surface area (Å²) in [6.07, 6.45) is -2.39. The van der Waals surface area contributed by atoms with Crippen LogP contribution in [0.5, 0.6) is 5.75 Å². The molecule has 1 heterocycles. The number of amides is 1. The van der Waals surface area contributed by atoms with Gasteiger partial charge in [0, 0.05) is 27.5 Å². The molecule has 0 radical (unpaired) electrons. The molecule has 2 aromatic carbocycles. The molecule has 0 atom stereocenters. The quantitative estimate of drug-likeness (QED) is 0.485. The first-order valence-electron chi connectivity index (χ1n) is 8.19. The van der Waals surface area contributed by atoms with Crippen molar-refractivity contribution in [1.29, 1.82) is 0 Å². The first-order chi connectivity index (χ1) is 13.7. The van der Waals surface area contributed by atoms with E-state index in [0.29, 0.717) is 21.6 Å². The molecule has 0 fully saturated rings. The van der Waals surface area contributed by atoms with Gasteiger partial charge >= 0.3 is 6.18 Å². The summed E-state index contributed by atoms with van der Waals surface area (Å²) in [6, 6.07) is 9.47. The fourth-order valence-corrected chi connectivity index (χ4v) is 3.61. The van der Waals surface area contributed by atoms with Crippen LogP contribution in [0.4, 0.5) is 18.3 Å². The minimum absolute atomic E-state index is 0.0506. The number of ether oxygens (including phenoxy) is 1. The maximum absolute atomic E-state index is 12.7. The largest absolute Gasteiger partial charge is 0.484 e. The van der Waals surface area contributed by atoms with Gasteiger partial charge in [-0.15, -0.1) is 11.3 Å². The molecule has 0 aliphatic heterocycles. The van der Waals surface area contributed by atoms with Crippen LogP contribution in [-0.4, -0.2) is 17.5 Å². The fraction of sp³-hybridized carbons (Fsp3) is 0.158. The molecule has 0 bridgehead atoms.